The van der Waals surface area contributed by atoms with Crippen LogP contribution in [0.25, 0.3) is 11.1 Å². The van der Waals surface area contributed by atoms with Crippen LogP contribution in [0.15, 0.2) is 24.7 Å². The molecule has 7 heteroatoms. The molecule has 0 atom stereocenters. The molecule has 0 radical (unpaired) electrons. The number of aromatic nitrogens is 3. The van der Waals surface area contributed by atoms with Crippen molar-refractivity contribution in [3.8, 4) is 11.1 Å². The van der Waals surface area contributed by atoms with Gasteiger partial charge in [0.05, 0.1) is 19.3 Å². The molecule has 0 saturated carbocycles. The highest BCUT2D eigenvalue weighted by molar-refractivity contribution is 5.95. The lowest BCUT2D eigenvalue weighted by Gasteiger charge is -2.22. The number of nitrogens with two attached hydrogens (primary N) is 1. The summed E-state index contributed by atoms with van der Waals surface area (Å²) in [5.41, 5.74) is 7.71. The lowest BCUT2D eigenvalue weighted by molar-refractivity contribution is 0.0601. The molecule has 116 valence electrons. The van der Waals surface area contributed by atoms with Gasteiger partial charge in [-0.3, -0.25) is 4.68 Å². The van der Waals surface area contributed by atoms with E-state index in [-0.39, 0.29) is 11.4 Å². The minimum atomic E-state index is -0.488. The van der Waals surface area contributed by atoms with Gasteiger partial charge in [-0.05, 0) is 32.0 Å². The van der Waals surface area contributed by atoms with E-state index in [2.05, 4.69) is 15.4 Å². The number of rotatable bonds is 3. The minimum absolute atomic E-state index is 0.168. The zero-order valence-corrected chi connectivity index (χ0v) is 12.5. The maximum absolute atomic E-state index is 11.7. The van der Waals surface area contributed by atoms with Crippen LogP contribution in [0.4, 0.5) is 5.82 Å². The highest BCUT2D eigenvalue weighted by Gasteiger charge is 2.17. The Balaban J connectivity index is 1.88. The fraction of sp³-hybridized carbons (Fsp3) is 0.400. The molecule has 0 spiro atoms. The van der Waals surface area contributed by atoms with Crippen molar-refractivity contribution in [2.45, 2.75) is 18.9 Å². The fourth-order valence-corrected chi connectivity index (χ4v) is 2.66. The Labute approximate surface area is 128 Å². The summed E-state index contributed by atoms with van der Waals surface area (Å²) in [6.07, 6.45) is 7.55. The summed E-state index contributed by atoms with van der Waals surface area (Å²) in [5.74, 6) is -0.320. The summed E-state index contributed by atoms with van der Waals surface area (Å²) in [5, 5.41) is 7.79. The third kappa shape index (κ3) is 2.80. The number of anilines is 1. The summed E-state index contributed by atoms with van der Waals surface area (Å²) in [7, 11) is 1.32. The molecule has 0 bridgehead atoms. The first kappa shape index (κ1) is 14.5. The van der Waals surface area contributed by atoms with Crippen LogP contribution >= 0.6 is 0 Å². The number of piperidine rings is 1. The number of nitrogens with one attached hydrogen (secondary N) is 1. The van der Waals surface area contributed by atoms with Gasteiger partial charge in [0.1, 0.15) is 11.4 Å². The van der Waals surface area contributed by atoms with Gasteiger partial charge in [-0.15, -0.1) is 0 Å². The Morgan fingerprint density at radius 1 is 1.36 bits per heavy atom. The van der Waals surface area contributed by atoms with Gasteiger partial charge in [-0.25, -0.2) is 9.78 Å². The molecule has 0 aromatic carbocycles. The maximum atomic E-state index is 11.7. The van der Waals surface area contributed by atoms with E-state index in [0.29, 0.717) is 6.04 Å². The Hall–Kier alpha value is -2.41. The average Bonchev–Trinajstić information content (AvgIpc) is 3.05. The molecule has 1 aliphatic rings. The molecule has 0 amide bonds. The topological polar surface area (TPSA) is 95.1 Å². The molecule has 3 heterocycles. The highest BCUT2D eigenvalue weighted by Crippen LogP contribution is 2.25. The first-order chi connectivity index (χ1) is 10.7. The molecule has 2 aromatic heterocycles. The van der Waals surface area contributed by atoms with E-state index >= 15 is 0 Å². The maximum Gasteiger partial charge on any atom is 0.341 e. The first-order valence-electron chi connectivity index (χ1n) is 7.28. The predicted molar refractivity (Wildman–Crippen MR) is 82.4 cm³/mol. The molecular formula is C15H19N5O2. The number of ether oxygens (including phenoxy) is 1. The number of hydrogen-bond acceptors (Lipinski definition) is 6. The van der Waals surface area contributed by atoms with Crippen LogP contribution in [0.1, 0.15) is 29.2 Å². The minimum Gasteiger partial charge on any atom is -0.465 e. The number of carbonyl (C=O) groups is 1. The summed E-state index contributed by atoms with van der Waals surface area (Å²) < 4.78 is 6.71. The van der Waals surface area contributed by atoms with Crippen molar-refractivity contribution >= 4 is 11.8 Å². The summed E-state index contributed by atoms with van der Waals surface area (Å²) in [6.45, 7) is 2.02. The van der Waals surface area contributed by atoms with Crippen LogP contribution in [0.3, 0.4) is 0 Å². The number of pyridine rings is 1. The van der Waals surface area contributed by atoms with Crippen LogP contribution in [0, 0.1) is 0 Å². The Bertz CT molecular complexity index is 676. The summed E-state index contributed by atoms with van der Waals surface area (Å²) in [6, 6.07) is 2.11. The van der Waals surface area contributed by atoms with Crippen LogP contribution in [0.5, 0.6) is 0 Å². The zero-order valence-electron chi connectivity index (χ0n) is 12.5. The molecular weight excluding hydrogens is 282 g/mol. The van der Waals surface area contributed by atoms with Gasteiger partial charge >= 0.3 is 5.97 Å². The van der Waals surface area contributed by atoms with Gasteiger partial charge in [0.25, 0.3) is 0 Å². The molecule has 1 saturated heterocycles. The number of nitrogens with zero attached hydrogens (tertiary/aromatic N) is 3. The van der Waals surface area contributed by atoms with Gasteiger partial charge in [0.2, 0.25) is 0 Å². The van der Waals surface area contributed by atoms with E-state index in [1.807, 2.05) is 10.9 Å². The Kier molecular flexibility index (Phi) is 4.06. The first-order valence-corrected chi connectivity index (χ1v) is 7.28. The molecule has 22 heavy (non-hydrogen) atoms. The van der Waals surface area contributed by atoms with Crippen LogP contribution in [0.2, 0.25) is 0 Å². The number of nitrogen functional groups attached to an aromatic ring is 1. The lowest BCUT2D eigenvalue weighted by Crippen LogP contribution is -2.29. The van der Waals surface area contributed by atoms with E-state index in [1.54, 1.807) is 18.5 Å². The van der Waals surface area contributed by atoms with Crippen LogP contribution in [-0.2, 0) is 4.74 Å². The molecule has 1 fully saturated rings. The van der Waals surface area contributed by atoms with Gasteiger partial charge < -0.3 is 15.8 Å². The van der Waals surface area contributed by atoms with Crippen molar-refractivity contribution in [2.75, 3.05) is 25.9 Å². The van der Waals surface area contributed by atoms with Crippen molar-refractivity contribution in [1.29, 1.82) is 0 Å². The normalized spacial score (nSPS) is 15.7. The van der Waals surface area contributed by atoms with Gasteiger partial charge in [0, 0.05) is 23.5 Å². The molecule has 2 aromatic rings. The van der Waals surface area contributed by atoms with Crippen LogP contribution in [-0.4, -0.2) is 40.9 Å². The van der Waals surface area contributed by atoms with Gasteiger partial charge in [0.15, 0.2) is 0 Å². The Morgan fingerprint density at radius 3 is 2.86 bits per heavy atom. The highest BCUT2D eigenvalue weighted by atomic mass is 16.5. The van der Waals surface area contributed by atoms with E-state index in [9.17, 15) is 4.79 Å². The largest absolute Gasteiger partial charge is 0.465 e. The monoisotopic (exact) mass is 301 g/mol. The van der Waals surface area contributed by atoms with Crippen molar-refractivity contribution in [2.24, 2.45) is 0 Å². The van der Waals surface area contributed by atoms with E-state index in [4.69, 9.17) is 10.5 Å². The average molecular weight is 301 g/mol. The van der Waals surface area contributed by atoms with Gasteiger partial charge in [-0.2, -0.15) is 5.10 Å². The van der Waals surface area contributed by atoms with Crippen LogP contribution < -0.4 is 11.1 Å². The second-order valence-corrected chi connectivity index (χ2v) is 5.34. The number of methoxy groups -OCH3 is 1. The van der Waals surface area contributed by atoms with E-state index < -0.39 is 5.97 Å². The third-order valence-electron chi connectivity index (χ3n) is 3.94. The summed E-state index contributed by atoms with van der Waals surface area (Å²) in [4.78, 5) is 15.8. The van der Waals surface area contributed by atoms with E-state index in [0.717, 1.165) is 37.1 Å². The third-order valence-corrected chi connectivity index (χ3v) is 3.94. The second kappa shape index (κ2) is 6.15. The Morgan fingerprint density at radius 2 is 2.14 bits per heavy atom. The second-order valence-electron chi connectivity index (χ2n) is 5.34. The quantitative estimate of drug-likeness (QED) is 0.828. The SMILES string of the molecule is COC(=O)c1cc(-c2cnn(C3CCNCC3)c2)cnc1N. The number of carbonyl (C=O) groups excluding carboxylic acids is 1. The van der Waals surface area contributed by atoms with Crippen molar-refractivity contribution in [3.05, 3.63) is 30.2 Å². The molecule has 3 rings (SSSR count). The molecule has 1 aliphatic heterocycles. The smallest absolute Gasteiger partial charge is 0.341 e. The lowest BCUT2D eigenvalue weighted by atomic mass is 10.1. The van der Waals surface area contributed by atoms with E-state index in [1.165, 1.54) is 7.11 Å². The molecule has 7 nitrogen and oxygen atoms in total. The molecule has 0 unspecified atom stereocenters. The van der Waals surface area contributed by atoms with Gasteiger partial charge in [-0.1, -0.05) is 0 Å². The summed E-state index contributed by atoms with van der Waals surface area (Å²) >= 11 is 0. The predicted octanol–water partition coefficient (Wildman–Crippen LogP) is 1.24. The number of hydrogen-bond donors (Lipinski definition) is 2. The fourth-order valence-electron chi connectivity index (χ4n) is 2.66. The van der Waals surface area contributed by atoms with Crippen molar-refractivity contribution < 1.29 is 9.53 Å². The van der Waals surface area contributed by atoms with Crippen molar-refractivity contribution in [3.63, 3.8) is 0 Å². The molecule has 0 aliphatic carbocycles. The molecule has 3 N–H and O–H groups in total. The van der Waals surface area contributed by atoms with Crippen molar-refractivity contribution in [1.82, 2.24) is 20.1 Å². The standard InChI is InChI=1S/C15H19N5O2/c1-22-15(21)13-6-10(7-18-14(13)16)11-8-19-20(9-11)12-2-4-17-5-3-12/h6-9,12,17H,2-5H2,1H3,(H2,16,18). The zero-order chi connectivity index (χ0) is 15.5. The number of esters is 1.